The maximum atomic E-state index is 14.0. The van der Waals surface area contributed by atoms with Crippen LogP contribution in [-0.4, -0.2) is 32.8 Å². The standard InChI is InChI=1S/C22H21FN6/c23-20-3-1-2-14-9-21(26-12-19(14)20)18-8-15(10-27-22(18)24)16-11-28-29(13-16)17-4-6-25-7-5-17/h1-3,8-13,17,25H,4-7H2,(H2,24,27). The summed E-state index contributed by atoms with van der Waals surface area (Å²) in [5, 5.41) is 9.20. The van der Waals surface area contributed by atoms with E-state index in [9.17, 15) is 4.39 Å². The third-order valence-electron chi connectivity index (χ3n) is 5.52. The van der Waals surface area contributed by atoms with Gasteiger partial charge in [0.2, 0.25) is 0 Å². The number of hydrogen-bond donors (Lipinski definition) is 2. The molecule has 0 unspecified atom stereocenters. The zero-order chi connectivity index (χ0) is 19.8. The van der Waals surface area contributed by atoms with Crippen molar-refractivity contribution in [3.63, 3.8) is 0 Å². The fourth-order valence-electron chi connectivity index (χ4n) is 3.88. The van der Waals surface area contributed by atoms with Crippen LogP contribution in [0.25, 0.3) is 33.2 Å². The highest BCUT2D eigenvalue weighted by Gasteiger charge is 2.17. The van der Waals surface area contributed by atoms with E-state index in [0.29, 0.717) is 22.9 Å². The first-order chi connectivity index (χ1) is 14.2. The molecular formula is C22H21FN6. The molecule has 6 nitrogen and oxygen atoms in total. The molecule has 3 N–H and O–H groups in total. The summed E-state index contributed by atoms with van der Waals surface area (Å²) in [6, 6.07) is 9.21. The summed E-state index contributed by atoms with van der Waals surface area (Å²) in [6.07, 6.45) is 9.37. The highest BCUT2D eigenvalue weighted by Crippen LogP contribution is 2.31. The van der Waals surface area contributed by atoms with Gasteiger partial charge in [-0.1, -0.05) is 12.1 Å². The Labute approximate surface area is 167 Å². The van der Waals surface area contributed by atoms with E-state index < -0.39 is 0 Å². The topological polar surface area (TPSA) is 81.6 Å². The van der Waals surface area contributed by atoms with E-state index in [2.05, 4.69) is 26.6 Å². The lowest BCUT2D eigenvalue weighted by Crippen LogP contribution is -2.29. The van der Waals surface area contributed by atoms with Gasteiger partial charge in [0.15, 0.2) is 0 Å². The summed E-state index contributed by atoms with van der Waals surface area (Å²) in [7, 11) is 0. The summed E-state index contributed by atoms with van der Waals surface area (Å²) in [5.74, 6) is 0.106. The third-order valence-corrected chi connectivity index (χ3v) is 5.52. The molecule has 0 atom stereocenters. The average Bonchev–Trinajstić information content (AvgIpc) is 3.25. The van der Waals surface area contributed by atoms with Gasteiger partial charge < -0.3 is 11.1 Å². The number of pyridine rings is 2. The second kappa shape index (κ2) is 7.25. The van der Waals surface area contributed by atoms with E-state index in [0.717, 1.165) is 48.0 Å². The molecule has 7 heteroatoms. The number of nitrogens with one attached hydrogen (secondary N) is 1. The minimum absolute atomic E-state index is 0.285. The van der Waals surface area contributed by atoms with Gasteiger partial charge in [-0.2, -0.15) is 5.10 Å². The fraction of sp³-hybridized carbons (Fsp3) is 0.227. The normalized spacial score (nSPS) is 15.1. The predicted octanol–water partition coefficient (Wildman–Crippen LogP) is 3.81. The molecule has 0 spiro atoms. The van der Waals surface area contributed by atoms with E-state index in [1.807, 2.05) is 29.1 Å². The van der Waals surface area contributed by atoms with Crippen LogP contribution in [0.5, 0.6) is 0 Å². The number of halogens is 1. The van der Waals surface area contributed by atoms with Crippen LogP contribution in [0.15, 0.2) is 55.1 Å². The van der Waals surface area contributed by atoms with Gasteiger partial charge in [-0.15, -0.1) is 0 Å². The van der Waals surface area contributed by atoms with Crippen LogP contribution in [0.3, 0.4) is 0 Å². The monoisotopic (exact) mass is 388 g/mol. The van der Waals surface area contributed by atoms with Crippen molar-refractivity contribution in [1.82, 2.24) is 25.1 Å². The van der Waals surface area contributed by atoms with Gasteiger partial charge in [0.1, 0.15) is 11.6 Å². The molecule has 5 rings (SSSR count). The molecule has 0 radical (unpaired) electrons. The minimum atomic E-state index is -0.285. The van der Waals surface area contributed by atoms with Crippen molar-refractivity contribution in [3.8, 4) is 22.4 Å². The number of nitrogens with two attached hydrogens (primary N) is 1. The van der Waals surface area contributed by atoms with E-state index in [1.165, 1.54) is 6.07 Å². The second-order valence-corrected chi connectivity index (χ2v) is 7.38. The number of nitrogens with zero attached hydrogens (tertiary/aromatic N) is 4. The Bertz CT molecular complexity index is 1180. The fourth-order valence-corrected chi connectivity index (χ4v) is 3.88. The zero-order valence-electron chi connectivity index (χ0n) is 15.8. The van der Waals surface area contributed by atoms with Crippen LogP contribution in [0, 0.1) is 5.82 Å². The molecule has 1 aliphatic heterocycles. The van der Waals surface area contributed by atoms with Crippen LogP contribution < -0.4 is 11.1 Å². The van der Waals surface area contributed by atoms with E-state index >= 15 is 0 Å². The number of nitrogen functional groups attached to an aromatic ring is 1. The summed E-state index contributed by atoms with van der Waals surface area (Å²) in [5.41, 5.74) is 9.45. The molecule has 4 aromatic rings. The number of piperidine rings is 1. The number of hydrogen-bond acceptors (Lipinski definition) is 5. The van der Waals surface area contributed by atoms with E-state index in [1.54, 1.807) is 18.5 Å². The lowest BCUT2D eigenvalue weighted by molar-refractivity contribution is 0.343. The van der Waals surface area contributed by atoms with Gasteiger partial charge in [-0.05, 0) is 49.5 Å². The van der Waals surface area contributed by atoms with Gasteiger partial charge >= 0.3 is 0 Å². The maximum absolute atomic E-state index is 14.0. The van der Waals surface area contributed by atoms with Crippen LogP contribution in [0.1, 0.15) is 18.9 Å². The summed E-state index contributed by atoms with van der Waals surface area (Å²) < 4.78 is 16.0. The molecule has 0 amide bonds. The summed E-state index contributed by atoms with van der Waals surface area (Å²) in [6.45, 7) is 2.03. The van der Waals surface area contributed by atoms with Crippen molar-refractivity contribution >= 4 is 16.6 Å². The number of anilines is 1. The predicted molar refractivity (Wildman–Crippen MR) is 112 cm³/mol. The summed E-state index contributed by atoms with van der Waals surface area (Å²) in [4.78, 5) is 8.79. The molecule has 3 aromatic heterocycles. The lowest BCUT2D eigenvalue weighted by Gasteiger charge is -2.22. The van der Waals surface area contributed by atoms with Crippen molar-refractivity contribution in [3.05, 3.63) is 60.9 Å². The van der Waals surface area contributed by atoms with E-state index in [-0.39, 0.29) is 5.82 Å². The average molecular weight is 388 g/mol. The molecule has 0 aliphatic carbocycles. The van der Waals surface area contributed by atoms with Crippen LogP contribution >= 0.6 is 0 Å². The molecule has 1 aromatic carbocycles. The molecular weight excluding hydrogens is 367 g/mol. The van der Waals surface area contributed by atoms with Crippen LogP contribution in [-0.2, 0) is 0 Å². The first-order valence-corrected chi connectivity index (χ1v) is 9.74. The Balaban J connectivity index is 1.52. The number of benzene rings is 1. The Hall–Kier alpha value is -3.32. The number of aromatic nitrogens is 4. The molecule has 146 valence electrons. The Morgan fingerprint density at radius 1 is 1.03 bits per heavy atom. The largest absolute Gasteiger partial charge is 0.383 e. The quantitative estimate of drug-likeness (QED) is 0.558. The van der Waals surface area contributed by atoms with Gasteiger partial charge in [-0.25, -0.2) is 9.37 Å². The van der Waals surface area contributed by atoms with Gasteiger partial charge in [0.05, 0.1) is 17.9 Å². The first-order valence-electron chi connectivity index (χ1n) is 9.74. The molecule has 1 aliphatic rings. The minimum Gasteiger partial charge on any atom is -0.383 e. The van der Waals surface area contributed by atoms with Crippen molar-refractivity contribution in [2.45, 2.75) is 18.9 Å². The maximum Gasteiger partial charge on any atom is 0.132 e. The van der Waals surface area contributed by atoms with Crippen LogP contribution in [0.2, 0.25) is 0 Å². The zero-order valence-corrected chi connectivity index (χ0v) is 15.8. The lowest BCUT2D eigenvalue weighted by atomic mass is 10.0. The highest BCUT2D eigenvalue weighted by molar-refractivity contribution is 5.87. The molecule has 1 fully saturated rings. The van der Waals surface area contributed by atoms with Gasteiger partial charge in [0, 0.05) is 40.7 Å². The molecule has 1 saturated heterocycles. The third kappa shape index (κ3) is 3.34. The Morgan fingerprint density at radius 2 is 1.90 bits per heavy atom. The van der Waals surface area contributed by atoms with Gasteiger partial charge in [0.25, 0.3) is 0 Å². The van der Waals surface area contributed by atoms with Crippen molar-refractivity contribution in [2.75, 3.05) is 18.8 Å². The first kappa shape index (κ1) is 17.8. The van der Waals surface area contributed by atoms with Crippen molar-refractivity contribution in [1.29, 1.82) is 0 Å². The molecule has 0 saturated carbocycles. The van der Waals surface area contributed by atoms with E-state index in [4.69, 9.17) is 5.73 Å². The molecule has 4 heterocycles. The summed E-state index contributed by atoms with van der Waals surface area (Å²) >= 11 is 0. The Morgan fingerprint density at radius 3 is 2.76 bits per heavy atom. The van der Waals surface area contributed by atoms with Crippen molar-refractivity contribution in [2.24, 2.45) is 0 Å². The van der Waals surface area contributed by atoms with Gasteiger partial charge in [-0.3, -0.25) is 9.67 Å². The van der Waals surface area contributed by atoms with Crippen molar-refractivity contribution < 1.29 is 4.39 Å². The SMILES string of the molecule is Nc1ncc(-c2cnn(C3CCNCC3)c2)cc1-c1cc2cccc(F)c2cn1. The smallest absolute Gasteiger partial charge is 0.132 e. The molecule has 0 bridgehead atoms. The number of rotatable bonds is 3. The van der Waals surface area contributed by atoms with Crippen LogP contribution in [0.4, 0.5) is 10.2 Å². The number of fused-ring (bicyclic) bond motifs is 1. The Kier molecular flexibility index (Phi) is 4.44. The second-order valence-electron chi connectivity index (χ2n) is 7.38. The molecule has 29 heavy (non-hydrogen) atoms. The highest BCUT2D eigenvalue weighted by atomic mass is 19.1.